The summed E-state index contributed by atoms with van der Waals surface area (Å²) in [6.45, 7) is 0.592. The highest BCUT2D eigenvalue weighted by Gasteiger charge is 2.29. The standard InChI is InChI=1S/C25H22F2N2O4.CH2S/c1-31-24-11-17(5-7-22(24)32-9-8-15-2-3-15)29-14-33-23-12-21(28-13-19(23)25(29)30)18-6-4-16(26)10-20(18)27;1-2/h4-7,10-13,15H,2-3,8-9,14H2,1H3;1H2. The number of hydrogen-bond acceptors (Lipinski definition) is 6. The molecule has 1 aromatic heterocycles. The van der Waals surface area contributed by atoms with Crippen LogP contribution >= 0.6 is 12.2 Å². The zero-order valence-electron chi connectivity index (χ0n) is 19.1. The number of thiocarbonyl (C=S) groups is 1. The second kappa shape index (κ2) is 10.8. The van der Waals surface area contributed by atoms with Crippen molar-refractivity contribution in [3.05, 3.63) is 65.9 Å². The van der Waals surface area contributed by atoms with E-state index in [4.69, 9.17) is 14.2 Å². The van der Waals surface area contributed by atoms with E-state index >= 15 is 0 Å². The molecule has 2 aliphatic rings. The van der Waals surface area contributed by atoms with Crippen LogP contribution in [0.3, 0.4) is 0 Å². The minimum Gasteiger partial charge on any atom is -0.493 e. The van der Waals surface area contributed by atoms with Crippen LogP contribution in [-0.4, -0.2) is 37.2 Å². The van der Waals surface area contributed by atoms with Crippen LogP contribution in [0.5, 0.6) is 17.2 Å². The van der Waals surface area contributed by atoms with Crippen LogP contribution in [0.2, 0.25) is 0 Å². The van der Waals surface area contributed by atoms with E-state index in [1.54, 1.807) is 25.3 Å². The van der Waals surface area contributed by atoms with E-state index in [-0.39, 0.29) is 35.2 Å². The summed E-state index contributed by atoms with van der Waals surface area (Å²) in [7, 11) is 1.55. The number of benzene rings is 2. The lowest BCUT2D eigenvalue weighted by Crippen LogP contribution is -2.38. The Labute approximate surface area is 207 Å². The number of aromatic nitrogens is 1. The van der Waals surface area contributed by atoms with Gasteiger partial charge < -0.3 is 14.2 Å². The highest BCUT2D eigenvalue weighted by atomic mass is 32.1. The maximum Gasteiger partial charge on any atom is 0.266 e. The van der Waals surface area contributed by atoms with Gasteiger partial charge in [0.1, 0.15) is 22.9 Å². The first-order chi connectivity index (χ1) is 17.0. The second-order valence-corrected chi connectivity index (χ2v) is 8.11. The van der Waals surface area contributed by atoms with Crippen molar-refractivity contribution in [3.63, 3.8) is 0 Å². The Morgan fingerprint density at radius 2 is 1.91 bits per heavy atom. The second-order valence-electron chi connectivity index (χ2n) is 8.11. The van der Waals surface area contributed by atoms with Gasteiger partial charge in [-0.15, -0.1) is 0 Å². The third-order valence-electron chi connectivity index (χ3n) is 5.84. The molecule has 1 saturated carbocycles. The molecule has 0 spiro atoms. The lowest BCUT2D eigenvalue weighted by molar-refractivity contribution is 0.0936. The average molecular weight is 499 g/mol. The van der Waals surface area contributed by atoms with Crippen LogP contribution in [0.15, 0.2) is 48.7 Å². The van der Waals surface area contributed by atoms with Gasteiger partial charge in [0.05, 0.1) is 25.1 Å². The fraction of sp³-hybridized carbons (Fsp3) is 0.269. The molecule has 0 radical (unpaired) electrons. The zero-order chi connectivity index (χ0) is 24.9. The van der Waals surface area contributed by atoms with Gasteiger partial charge in [0, 0.05) is 30.0 Å². The topological polar surface area (TPSA) is 60.9 Å². The summed E-state index contributed by atoms with van der Waals surface area (Å²) in [4.78, 5) is 18.8. The van der Waals surface area contributed by atoms with Crippen molar-refractivity contribution in [2.24, 2.45) is 5.92 Å². The first kappa shape index (κ1) is 24.5. The molecule has 2 heterocycles. The molecule has 6 nitrogen and oxygen atoms in total. The van der Waals surface area contributed by atoms with E-state index in [0.717, 1.165) is 24.5 Å². The van der Waals surface area contributed by atoms with Gasteiger partial charge in [-0.1, -0.05) is 25.1 Å². The number of pyridine rings is 1. The molecule has 0 saturated heterocycles. The summed E-state index contributed by atoms with van der Waals surface area (Å²) in [6, 6.07) is 10.0. The first-order valence-electron chi connectivity index (χ1n) is 11.0. The molecule has 0 atom stereocenters. The third-order valence-corrected chi connectivity index (χ3v) is 5.84. The summed E-state index contributed by atoms with van der Waals surface area (Å²) >= 11 is 3.83. The highest BCUT2D eigenvalue weighted by molar-refractivity contribution is 7.77. The fourth-order valence-electron chi connectivity index (χ4n) is 3.78. The molecule has 182 valence electrons. The third kappa shape index (κ3) is 5.40. The summed E-state index contributed by atoms with van der Waals surface area (Å²) in [5.41, 5.74) is 1.21. The van der Waals surface area contributed by atoms with Crippen molar-refractivity contribution in [1.29, 1.82) is 0 Å². The molecule has 9 heteroatoms. The van der Waals surface area contributed by atoms with Crippen LogP contribution in [0.1, 0.15) is 29.6 Å². The minimum absolute atomic E-state index is 0.0355. The van der Waals surface area contributed by atoms with E-state index in [1.807, 2.05) is 0 Å². The van der Waals surface area contributed by atoms with Gasteiger partial charge in [-0.25, -0.2) is 8.78 Å². The van der Waals surface area contributed by atoms with Crippen molar-refractivity contribution in [3.8, 4) is 28.5 Å². The largest absolute Gasteiger partial charge is 0.493 e. The number of carbonyl (C=O) groups excluding carboxylic acids is 1. The number of methoxy groups -OCH3 is 1. The number of ether oxygens (including phenoxy) is 3. The molecule has 2 aromatic carbocycles. The normalized spacial score (nSPS) is 14.4. The molecule has 1 aliphatic carbocycles. The summed E-state index contributed by atoms with van der Waals surface area (Å²) in [5.74, 6) is 3.33. The molecule has 35 heavy (non-hydrogen) atoms. The van der Waals surface area contributed by atoms with Crippen molar-refractivity contribution in [1.82, 2.24) is 4.98 Å². The molecule has 1 aliphatic heterocycles. The Hall–Kier alpha value is -3.59. The predicted molar refractivity (Wildman–Crippen MR) is 132 cm³/mol. The van der Waals surface area contributed by atoms with E-state index in [9.17, 15) is 13.6 Å². The summed E-state index contributed by atoms with van der Waals surface area (Å²) < 4.78 is 44.4. The van der Waals surface area contributed by atoms with E-state index in [0.29, 0.717) is 23.8 Å². The fourth-order valence-corrected chi connectivity index (χ4v) is 3.78. The van der Waals surface area contributed by atoms with Gasteiger partial charge >= 0.3 is 0 Å². The van der Waals surface area contributed by atoms with Crippen LogP contribution in [0, 0.1) is 17.6 Å². The molecular weight excluding hydrogens is 474 g/mol. The van der Waals surface area contributed by atoms with Crippen LogP contribution < -0.4 is 19.1 Å². The van der Waals surface area contributed by atoms with Crippen LogP contribution in [-0.2, 0) is 0 Å². The van der Waals surface area contributed by atoms with Gasteiger partial charge in [0.25, 0.3) is 5.91 Å². The molecule has 5 rings (SSSR count). The SMILES string of the molecule is C=S.COc1cc(N2COc3cc(-c4ccc(F)cc4F)ncc3C2=O)ccc1OCCC1CC1. The number of amides is 1. The number of anilines is 1. The van der Waals surface area contributed by atoms with E-state index < -0.39 is 11.6 Å². The maximum absolute atomic E-state index is 14.1. The van der Waals surface area contributed by atoms with Gasteiger partial charge in [-0.05, 0) is 42.5 Å². The predicted octanol–water partition coefficient (Wildman–Crippen LogP) is 5.83. The molecule has 0 N–H and O–H groups in total. The van der Waals surface area contributed by atoms with Crippen molar-refractivity contribution in [2.45, 2.75) is 19.3 Å². The molecular formula is C26H24F2N2O4S. The minimum atomic E-state index is -0.738. The number of rotatable bonds is 7. The monoisotopic (exact) mass is 498 g/mol. The Kier molecular flexibility index (Phi) is 7.55. The lowest BCUT2D eigenvalue weighted by atomic mass is 10.1. The van der Waals surface area contributed by atoms with Crippen LogP contribution in [0.25, 0.3) is 11.3 Å². The van der Waals surface area contributed by atoms with Crippen molar-refractivity contribution < 1.29 is 27.8 Å². The van der Waals surface area contributed by atoms with Gasteiger partial charge in [0.15, 0.2) is 18.2 Å². The highest BCUT2D eigenvalue weighted by Crippen LogP contribution is 2.37. The number of fused-ring (bicyclic) bond motifs is 1. The smallest absolute Gasteiger partial charge is 0.266 e. The number of nitrogens with zero attached hydrogens (tertiary/aromatic N) is 2. The Balaban J connectivity index is 0.00000141. The number of halogens is 2. The Morgan fingerprint density at radius 3 is 2.63 bits per heavy atom. The zero-order valence-corrected chi connectivity index (χ0v) is 19.9. The maximum atomic E-state index is 14.1. The van der Waals surface area contributed by atoms with Crippen molar-refractivity contribution in [2.75, 3.05) is 25.3 Å². The molecule has 3 aromatic rings. The molecule has 1 amide bonds. The summed E-state index contributed by atoms with van der Waals surface area (Å²) in [6.07, 6.45) is 4.91. The summed E-state index contributed by atoms with van der Waals surface area (Å²) in [5, 5.41) is 0. The first-order valence-corrected chi connectivity index (χ1v) is 11.6. The molecule has 1 fully saturated rings. The Morgan fingerprint density at radius 1 is 1.11 bits per heavy atom. The van der Waals surface area contributed by atoms with Gasteiger partial charge in [0.2, 0.25) is 0 Å². The van der Waals surface area contributed by atoms with Crippen LogP contribution in [0.4, 0.5) is 14.5 Å². The van der Waals surface area contributed by atoms with Gasteiger partial charge in [-0.3, -0.25) is 14.7 Å². The van der Waals surface area contributed by atoms with Crippen molar-refractivity contribution >= 4 is 29.7 Å². The number of carbonyl (C=O) groups is 1. The molecule has 0 bridgehead atoms. The lowest BCUT2D eigenvalue weighted by Gasteiger charge is -2.29. The average Bonchev–Trinajstić information content (AvgIpc) is 3.70. The van der Waals surface area contributed by atoms with E-state index in [1.165, 1.54) is 36.1 Å². The quantitative estimate of drug-likeness (QED) is 0.382. The molecule has 0 unspecified atom stereocenters. The van der Waals surface area contributed by atoms with Gasteiger partial charge in [-0.2, -0.15) is 0 Å². The number of hydrogen-bond donors (Lipinski definition) is 0. The Bertz CT molecular complexity index is 1240. The van der Waals surface area contributed by atoms with E-state index in [2.05, 4.69) is 23.1 Å².